The van der Waals surface area contributed by atoms with Crippen LogP contribution in [0.15, 0.2) is 0 Å². The van der Waals surface area contributed by atoms with Crippen molar-refractivity contribution in [2.24, 2.45) is 11.7 Å². The zero-order valence-corrected chi connectivity index (χ0v) is 14.4. The number of hydrogen-bond donors (Lipinski definition) is 7. The fraction of sp³-hybridized carbons (Fsp3) is 0.714. The van der Waals surface area contributed by atoms with Crippen LogP contribution in [0.1, 0.15) is 20.8 Å². The van der Waals surface area contributed by atoms with E-state index in [9.17, 15) is 29.4 Å². The number of hydrogen-bond acceptors (Lipinski definition) is 7. The van der Waals surface area contributed by atoms with Crippen molar-refractivity contribution in [3.05, 3.63) is 0 Å². The van der Waals surface area contributed by atoms with Crippen LogP contribution in [-0.2, 0) is 19.2 Å². The fourth-order valence-electron chi connectivity index (χ4n) is 1.67. The first kappa shape index (κ1) is 22.8. The highest BCUT2D eigenvalue weighted by molar-refractivity contribution is 5.92. The Morgan fingerprint density at radius 1 is 1.04 bits per heavy atom. The van der Waals surface area contributed by atoms with Crippen LogP contribution >= 0.6 is 0 Å². The molecule has 4 unspecified atom stereocenters. The van der Waals surface area contributed by atoms with Gasteiger partial charge in [-0.25, -0.2) is 4.79 Å². The summed E-state index contributed by atoms with van der Waals surface area (Å²) in [6.45, 7) is 3.36. The molecule has 0 saturated carbocycles. The molecule has 0 aromatic heterocycles. The molecule has 0 aromatic rings. The lowest BCUT2D eigenvalue weighted by atomic mass is 10.1. The molecule has 0 aromatic carbocycles. The van der Waals surface area contributed by atoms with Gasteiger partial charge in [0.25, 0.3) is 0 Å². The molecule has 8 N–H and O–H groups in total. The third-order valence-corrected chi connectivity index (χ3v) is 3.32. The third-order valence-electron chi connectivity index (χ3n) is 3.32. The molecule has 0 heterocycles. The molecule has 0 aliphatic heterocycles. The van der Waals surface area contributed by atoms with Gasteiger partial charge < -0.3 is 37.0 Å². The SMILES string of the molecule is CC(C)C(N)C(=O)NCC(=O)NC(CO)C(=O)NC(C(=O)O)C(C)O. The van der Waals surface area contributed by atoms with Crippen LogP contribution in [0.5, 0.6) is 0 Å². The quantitative estimate of drug-likeness (QED) is 0.208. The number of carbonyl (C=O) groups is 4. The van der Waals surface area contributed by atoms with Gasteiger partial charge in [0, 0.05) is 0 Å². The highest BCUT2D eigenvalue weighted by atomic mass is 16.4. The standard InChI is InChI=1S/C14H26N4O7/c1-6(2)10(15)13(23)16-4-9(21)17-8(5-19)12(22)18-11(7(3)20)14(24)25/h6-8,10-11,19-20H,4-5,15H2,1-3H3,(H,16,23)(H,17,21)(H,18,22)(H,24,25). The van der Waals surface area contributed by atoms with Crippen LogP contribution in [0.3, 0.4) is 0 Å². The number of nitrogens with two attached hydrogens (primary N) is 1. The number of carboxylic acid groups (broad SMARTS) is 1. The summed E-state index contributed by atoms with van der Waals surface area (Å²) in [5.41, 5.74) is 5.61. The normalized spacial score (nSPS) is 15.6. The molecule has 144 valence electrons. The predicted molar refractivity (Wildman–Crippen MR) is 86.1 cm³/mol. The van der Waals surface area contributed by atoms with E-state index in [1.807, 2.05) is 5.32 Å². The van der Waals surface area contributed by atoms with Gasteiger partial charge in [-0.15, -0.1) is 0 Å². The Bertz CT molecular complexity index is 496. The Balaban J connectivity index is 4.61. The number of carbonyl (C=O) groups excluding carboxylic acids is 3. The number of amides is 3. The van der Waals surface area contributed by atoms with Gasteiger partial charge in [-0.05, 0) is 12.8 Å². The third kappa shape index (κ3) is 7.92. The molecule has 0 saturated heterocycles. The molecule has 0 aliphatic carbocycles. The molecular weight excluding hydrogens is 336 g/mol. The first-order valence-corrected chi connectivity index (χ1v) is 7.66. The lowest BCUT2D eigenvalue weighted by Gasteiger charge is -2.21. The van der Waals surface area contributed by atoms with Crippen molar-refractivity contribution in [3.63, 3.8) is 0 Å². The molecule has 0 fully saturated rings. The Kier molecular flexibility index (Phi) is 9.64. The van der Waals surface area contributed by atoms with Gasteiger partial charge in [0.15, 0.2) is 6.04 Å². The van der Waals surface area contributed by atoms with E-state index >= 15 is 0 Å². The van der Waals surface area contributed by atoms with Gasteiger partial charge in [0.05, 0.1) is 25.3 Å². The van der Waals surface area contributed by atoms with E-state index in [2.05, 4.69) is 10.6 Å². The predicted octanol–water partition coefficient (Wildman–Crippen LogP) is -3.49. The minimum Gasteiger partial charge on any atom is -0.480 e. The molecule has 0 rings (SSSR count). The van der Waals surface area contributed by atoms with Crippen molar-refractivity contribution < 1.29 is 34.5 Å². The van der Waals surface area contributed by atoms with E-state index in [1.54, 1.807) is 13.8 Å². The second kappa shape index (κ2) is 10.6. The van der Waals surface area contributed by atoms with Crippen LogP contribution in [0, 0.1) is 5.92 Å². The van der Waals surface area contributed by atoms with Crippen LogP contribution in [0.4, 0.5) is 0 Å². The lowest BCUT2D eigenvalue weighted by molar-refractivity contribution is -0.145. The fourth-order valence-corrected chi connectivity index (χ4v) is 1.67. The van der Waals surface area contributed by atoms with Crippen LogP contribution < -0.4 is 21.7 Å². The maximum Gasteiger partial charge on any atom is 0.328 e. The van der Waals surface area contributed by atoms with Crippen molar-refractivity contribution in [1.29, 1.82) is 0 Å². The molecule has 0 spiro atoms. The number of carboxylic acids is 1. The number of aliphatic hydroxyl groups is 2. The van der Waals surface area contributed by atoms with E-state index in [4.69, 9.17) is 10.8 Å². The summed E-state index contributed by atoms with van der Waals surface area (Å²) in [5.74, 6) is -3.92. The lowest BCUT2D eigenvalue weighted by Crippen LogP contribution is -2.57. The zero-order chi connectivity index (χ0) is 19.7. The summed E-state index contributed by atoms with van der Waals surface area (Å²) in [6.07, 6.45) is -1.38. The molecule has 4 atom stereocenters. The van der Waals surface area contributed by atoms with Crippen molar-refractivity contribution in [3.8, 4) is 0 Å². The second-order valence-corrected chi connectivity index (χ2v) is 5.86. The molecular formula is C14H26N4O7. The topological polar surface area (TPSA) is 191 Å². The molecule has 0 radical (unpaired) electrons. The second-order valence-electron chi connectivity index (χ2n) is 5.86. The van der Waals surface area contributed by atoms with Gasteiger partial charge in [-0.2, -0.15) is 0 Å². The minimum absolute atomic E-state index is 0.132. The smallest absolute Gasteiger partial charge is 0.328 e. The van der Waals surface area contributed by atoms with Crippen LogP contribution in [-0.4, -0.2) is 76.4 Å². The number of rotatable bonds is 10. The highest BCUT2D eigenvalue weighted by Crippen LogP contribution is 1.97. The summed E-state index contributed by atoms with van der Waals surface area (Å²) in [7, 11) is 0. The number of nitrogens with one attached hydrogen (secondary N) is 3. The molecule has 25 heavy (non-hydrogen) atoms. The van der Waals surface area contributed by atoms with E-state index in [0.717, 1.165) is 0 Å². The Morgan fingerprint density at radius 2 is 1.60 bits per heavy atom. The number of aliphatic hydroxyl groups excluding tert-OH is 2. The van der Waals surface area contributed by atoms with E-state index in [0.29, 0.717) is 0 Å². The van der Waals surface area contributed by atoms with E-state index < -0.39 is 61.1 Å². The van der Waals surface area contributed by atoms with Gasteiger partial charge in [0.2, 0.25) is 17.7 Å². The first-order valence-electron chi connectivity index (χ1n) is 7.66. The Labute approximate surface area is 145 Å². The largest absolute Gasteiger partial charge is 0.480 e. The van der Waals surface area contributed by atoms with Crippen molar-refractivity contribution in [2.75, 3.05) is 13.2 Å². The monoisotopic (exact) mass is 362 g/mol. The minimum atomic E-state index is -1.60. The number of aliphatic carboxylic acids is 1. The van der Waals surface area contributed by atoms with Crippen molar-refractivity contribution in [2.45, 2.75) is 45.0 Å². The zero-order valence-electron chi connectivity index (χ0n) is 14.4. The van der Waals surface area contributed by atoms with Gasteiger partial charge >= 0.3 is 5.97 Å². The molecule has 0 aliphatic rings. The average Bonchev–Trinajstić information content (AvgIpc) is 2.53. The summed E-state index contributed by atoms with van der Waals surface area (Å²) in [4.78, 5) is 46.2. The van der Waals surface area contributed by atoms with Crippen LogP contribution in [0.2, 0.25) is 0 Å². The van der Waals surface area contributed by atoms with Gasteiger partial charge in [-0.3, -0.25) is 14.4 Å². The summed E-state index contributed by atoms with van der Waals surface area (Å²) < 4.78 is 0. The van der Waals surface area contributed by atoms with Crippen molar-refractivity contribution >= 4 is 23.7 Å². The van der Waals surface area contributed by atoms with Gasteiger partial charge in [-0.1, -0.05) is 13.8 Å². The van der Waals surface area contributed by atoms with Crippen molar-refractivity contribution in [1.82, 2.24) is 16.0 Å². The molecule has 11 heteroatoms. The maximum absolute atomic E-state index is 11.9. The van der Waals surface area contributed by atoms with E-state index in [1.165, 1.54) is 6.92 Å². The summed E-state index contributed by atoms with van der Waals surface area (Å²) in [5, 5.41) is 33.8. The van der Waals surface area contributed by atoms with Crippen LogP contribution in [0.25, 0.3) is 0 Å². The maximum atomic E-state index is 11.9. The molecule has 11 nitrogen and oxygen atoms in total. The average molecular weight is 362 g/mol. The summed E-state index contributed by atoms with van der Waals surface area (Å²) >= 11 is 0. The first-order chi connectivity index (χ1) is 11.5. The molecule has 0 bridgehead atoms. The van der Waals surface area contributed by atoms with E-state index in [-0.39, 0.29) is 5.92 Å². The van der Waals surface area contributed by atoms with Gasteiger partial charge in [0.1, 0.15) is 6.04 Å². The molecule has 3 amide bonds. The Hall–Kier alpha value is -2.24. The highest BCUT2D eigenvalue weighted by Gasteiger charge is 2.29. The Morgan fingerprint density at radius 3 is 2.00 bits per heavy atom. The summed E-state index contributed by atoms with van der Waals surface area (Å²) in [6, 6.07) is -3.84.